The molecule has 2 N–H and O–H groups in total. The van der Waals surface area contributed by atoms with Gasteiger partial charge in [-0.1, -0.05) is 26.8 Å². The number of nitrogens with one attached hydrogen (secondary N) is 2. The fourth-order valence-corrected chi connectivity index (χ4v) is 4.72. The van der Waals surface area contributed by atoms with Crippen molar-refractivity contribution in [2.45, 2.75) is 52.5 Å². The Morgan fingerprint density at radius 2 is 2.04 bits per heavy atom. The second kappa shape index (κ2) is 6.62. The summed E-state index contributed by atoms with van der Waals surface area (Å²) in [6, 6.07) is 3.80. The van der Waals surface area contributed by atoms with Gasteiger partial charge in [-0.3, -0.25) is 14.5 Å². The van der Waals surface area contributed by atoms with Crippen LogP contribution in [0.3, 0.4) is 0 Å². The van der Waals surface area contributed by atoms with Gasteiger partial charge in [-0.15, -0.1) is 0 Å². The highest BCUT2D eigenvalue weighted by Crippen LogP contribution is 2.46. The van der Waals surface area contributed by atoms with Gasteiger partial charge in [-0.25, -0.2) is 9.18 Å². The summed E-state index contributed by atoms with van der Waals surface area (Å²) in [5.41, 5.74) is -0.204. The zero-order valence-electron chi connectivity index (χ0n) is 16.2. The number of imide groups is 1. The van der Waals surface area contributed by atoms with E-state index in [0.717, 1.165) is 16.9 Å². The molecule has 146 valence electrons. The molecular weight excluding hydrogens is 349 g/mol. The van der Waals surface area contributed by atoms with Crippen molar-refractivity contribution in [3.8, 4) is 0 Å². The van der Waals surface area contributed by atoms with Gasteiger partial charge in [0.25, 0.3) is 5.91 Å². The highest BCUT2D eigenvalue weighted by molar-refractivity contribution is 6.10. The minimum Gasteiger partial charge on any atom is -0.323 e. The van der Waals surface area contributed by atoms with Gasteiger partial charge < -0.3 is 10.6 Å². The number of hydrogen-bond donors (Lipinski definition) is 2. The Morgan fingerprint density at radius 3 is 2.70 bits per heavy atom. The van der Waals surface area contributed by atoms with Crippen LogP contribution in [0.25, 0.3) is 0 Å². The molecule has 1 aromatic rings. The van der Waals surface area contributed by atoms with Gasteiger partial charge in [-0.05, 0) is 55.2 Å². The minimum absolute atomic E-state index is 0.0363. The fraction of sp³-hybridized carbons (Fsp3) is 0.550. The molecule has 3 rings (SSSR count). The first kappa shape index (κ1) is 19.3. The topological polar surface area (TPSA) is 78.5 Å². The number of rotatable bonds is 3. The summed E-state index contributed by atoms with van der Waals surface area (Å²) >= 11 is 0. The third kappa shape index (κ3) is 3.82. The summed E-state index contributed by atoms with van der Waals surface area (Å²) in [5.74, 6) is -1.26. The Hall–Kier alpha value is -2.44. The highest BCUT2D eigenvalue weighted by Gasteiger charge is 2.56. The lowest BCUT2D eigenvalue weighted by molar-refractivity contribution is -0.136. The first-order valence-corrected chi connectivity index (χ1v) is 9.21. The summed E-state index contributed by atoms with van der Waals surface area (Å²) in [7, 11) is 0. The zero-order chi connectivity index (χ0) is 20.0. The van der Waals surface area contributed by atoms with E-state index in [1.165, 1.54) is 12.1 Å². The number of benzene rings is 1. The number of halogens is 1. The van der Waals surface area contributed by atoms with Crippen molar-refractivity contribution in [2.75, 3.05) is 11.9 Å². The Morgan fingerprint density at radius 1 is 1.33 bits per heavy atom. The van der Waals surface area contributed by atoms with Crippen molar-refractivity contribution >= 4 is 23.5 Å². The second-order valence-electron chi connectivity index (χ2n) is 8.79. The van der Waals surface area contributed by atoms with Crippen LogP contribution in [0, 0.1) is 24.1 Å². The molecule has 1 heterocycles. The Bertz CT molecular complexity index is 808. The third-order valence-corrected chi connectivity index (χ3v) is 5.32. The van der Waals surface area contributed by atoms with E-state index in [4.69, 9.17) is 0 Å². The van der Waals surface area contributed by atoms with Gasteiger partial charge in [0.15, 0.2) is 0 Å². The number of amides is 4. The molecule has 0 radical (unpaired) electrons. The SMILES string of the molecule is Cc1ccc(F)c(NC(=O)CN2C(=O)NC3(CC(C)CC(C)(C)C3)C2=O)c1. The molecular formula is C20H26FN3O3. The van der Waals surface area contributed by atoms with Crippen molar-refractivity contribution in [1.29, 1.82) is 0 Å². The molecule has 2 atom stereocenters. The number of anilines is 1. The van der Waals surface area contributed by atoms with E-state index in [2.05, 4.69) is 31.4 Å². The second-order valence-corrected chi connectivity index (χ2v) is 8.79. The standard InChI is InChI=1S/C20H26FN3O3/c1-12-5-6-14(21)15(7-12)22-16(25)10-24-17(26)20(23-18(24)27)9-13(2)8-19(3,4)11-20/h5-7,13H,8-11H2,1-4H3,(H,22,25)(H,23,27). The predicted molar refractivity (Wildman–Crippen MR) is 99.5 cm³/mol. The van der Waals surface area contributed by atoms with Crippen LogP contribution in [0.5, 0.6) is 0 Å². The number of urea groups is 1. The Kier molecular flexibility index (Phi) is 4.74. The van der Waals surface area contributed by atoms with Crippen molar-refractivity contribution in [1.82, 2.24) is 10.2 Å². The van der Waals surface area contributed by atoms with Crippen LogP contribution in [0.4, 0.5) is 14.9 Å². The summed E-state index contributed by atoms with van der Waals surface area (Å²) < 4.78 is 13.8. The van der Waals surface area contributed by atoms with Gasteiger partial charge >= 0.3 is 6.03 Å². The van der Waals surface area contributed by atoms with E-state index in [1.807, 2.05) is 0 Å². The van der Waals surface area contributed by atoms with Gasteiger partial charge in [0, 0.05) is 0 Å². The van der Waals surface area contributed by atoms with E-state index >= 15 is 0 Å². The highest BCUT2D eigenvalue weighted by atomic mass is 19.1. The molecule has 1 aliphatic heterocycles. The van der Waals surface area contributed by atoms with Crippen LogP contribution < -0.4 is 10.6 Å². The Labute approximate surface area is 158 Å². The molecule has 1 saturated carbocycles. The molecule has 1 spiro atoms. The molecule has 7 heteroatoms. The molecule has 0 aromatic heterocycles. The molecule has 6 nitrogen and oxygen atoms in total. The monoisotopic (exact) mass is 375 g/mol. The van der Waals surface area contributed by atoms with E-state index < -0.39 is 29.8 Å². The van der Waals surface area contributed by atoms with Crippen LogP contribution >= 0.6 is 0 Å². The van der Waals surface area contributed by atoms with E-state index in [9.17, 15) is 18.8 Å². The minimum atomic E-state index is -0.951. The molecule has 1 aromatic carbocycles. The van der Waals surface area contributed by atoms with Crippen molar-refractivity contribution in [2.24, 2.45) is 11.3 Å². The largest absolute Gasteiger partial charge is 0.325 e. The zero-order valence-corrected chi connectivity index (χ0v) is 16.2. The lowest BCUT2D eigenvalue weighted by Crippen LogP contribution is -2.54. The van der Waals surface area contributed by atoms with Crippen LogP contribution in [-0.2, 0) is 9.59 Å². The van der Waals surface area contributed by atoms with Crippen LogP contribution in [0.2, 0.25) is 0 Å². The first-order valence-electron chi connectivity index (χ1n) is 9.21. The molecule has 4 amide bonds. The molecule has 2 aliphatic rings. The number of hydrogen-bond acceptors (Lipinski definition) is 3. The number of aryl methyl sites for hydroxylation is 1. The summed E-state index contributed by atoms with van der Waals surface area (Å²) in [6.45, 7) is 7.58. The number of nitrogens with zero attached hydrogens (tertiary/aromatic N) is 1. The van der Waals surface area contributed by atoms with E-state index in [0.29, 0.717) is 12.8 Å². The maximum atomic E-state index is 13.8. The number of carbonyl (C=O) groups excluding carboxylic acids is 3. The summed E-state index contributed by atoms with van der Waals surface area (Å²) in [6.07, 6.45) is 2.08. The smallest absolute Gasteiger partial charge is 0.323 e. The van der Waals surface area contributed by atoms with Crippen LogP contribution in [0.15, 0.2) is 18.2 Å². The summed E-state index contributed by atoms with van der Waals surface area (Å²) in [4.78, 5) is 38.7. The van der Waals surface area contributed by atoms with Crippen molar-refractivity contribution in [3.05, 3.63) is 29.6 Å². The first-order chi connectivity index (χ1) is 12.5. The maximum absolute atomic E-state index is 13.8. The molecule has 2 unspecified atom stereocenters. The Balaban J connectivity index is 1.74. The van der Waals surface area contributed by atoms with Gasteiger partial charge in [0.1, 0.15) is 17.9 Å². The predicted octanol–water partition coefficient (Wildman–Crippen LogP) is 3.21. The van der Waals surface area contributed by atoms with E-state index in [1.54, 1.807) is 13.0 Å². The molecule has 1 aliphatic carbocycles. The third-order valence-electron chi connectivity index (χ3n) is 5.32. The quantitative estimate of drug-likeness (QED) is 0.797. The van der Waals surface area contributed by atoms with Crippen LogP contribution in [0.1, 0.15) is 45.6 Å². The van der Waals surface area contributed by atoms with Crippen molar-refractivity contribution in [3.63, 3.8) is 0 Å². The number of carbonyl (C=O) groups is 3. The van der Waals surface area contributed by atoms with Gasteiger partial charge in [0.05, 0.1) is 5.69 Å². The lowest BCUT2D eigenvalue weighted by Gasteiger charge is -2.43. The average molecular weight is 375 g/mol. The van der Waals surface area contributed by atoms with E-state index in [-0.39, 0.29) is 22.9 Å². The molecule has 1 saturated heterocycles. The normalized spacial score (nSPS) is 27.0. The maximum Gasteiger partial charge on any atom is 0.325 e. The molecule has 2 fully saturated rings. The van der Waals surface area contributed by atoms with Crippen LogP contribution in [-0.4, -0.2) is 34.8 Å². The summed E-state index contributed by atoms with van der Waals surface area (Å²) in [5, 5.41) is 5.28. The van der Waals surface area contributed by atoms with Gasteiger partial charge in [0.2, 0.25) is 5.91 Å². The molecule has 0 bridgehead atoms. The average Bonchev–Trinajstić information content (AvgIpc) is 2.72. The van der Waals surface area contributed by atoms with Crippen molar-refractivity contribution < 1.29 is 18.8 Å². The van der Waals surface area contributed by atoms with Gasteiger partial charge in [-0.2, -0.15) is 0 Å². The fourth-order valence-electron chi connectivity index (χ4n) is 4.72. The molecule has 27 heavy (non-hydrogen) atoms. The lowest BCUT2D eigenvalue weighted by atomic mass is 9.64.